The van der Waals surface area contributed by atoms with E-state index in [4.69, 9.17) is 0 Å². The molecule has 4 aromatic carbocycles. The van der Waals surface area contributed by atoms with Crippen LogP contribution in [0.4, 0.5) is 5.69 Å². The maximum absolute atomic E-state index is 14.6. The normalized spacial score (nSPS) is 24.5. The highest BCUT2D eigenvalue weighted by atomic mass is 16.2. The molecule has 0 saturated carbocycles. The summed E-state index contributed by atoms with van der Waals surface area (Å²) >= 11 is 0. The molecule has 7 rings (SSSR count). The Morgan fingerprint density at radius 1 is 0.711 bits per heavy atom. The number of amides is 1. The van der Waals surface area contributed by atoms with Gasteiger partial charge in [0.1, 0.15) is 11.5 Å². The van der Waals surface area contributed by atoms with Gasteiger partial charge in [-0.05, 0) is 28.8 Å². The molecule has 1 saturated heterocycles. The van der Waals surface area contributed by atoms with Crippen LogP contribution in [0.3, 0.4) is 0 Å². The molecule has 0 aliphatic carbocycles. The second kappa shape index (κ2) is 8.38. The summed E-state index contributed by atoms with van der Waals surface area (Å²) in [6.07, 6.45) is 3.87. The first kappa shape index (κ1) is 22.4. The standard InChI is InChI=1S/C33H24N2O3/c36-29(22-12-3-1-4-13-22)27-28(30(37)23-14-5-2-6-15-23)35-20-19-21-11-7-8-16-24(21)31(35)33(27)25-17-9-10-18-26(25)34-32(33)38/h1-20,27-28,31H,(H,34,38)/t27-,28-,31?,33-/m0/s1. The summed E-state index contributed by atoms with van der Waals surface area (Å²) in [5.74, 6) is -1.60. The van der Waals surface area contributed by atoms with Crippen molar-refractivity contribution in [2.75, 3.05) is 5.32 Å². The topological polar surface area (TPSA) is 66.5 Å². The third-order valence-electron chi connectivity index (χ3n) is 8.24. The summed E-state index contributed by atoms with van der Waals surface area (Å²) in [6.45, 7) is 0. The molecule has 1 spiro atoms. The first-order valence-corrected chi connectivity index (χ1v) is 12.8. The predicted octanol–water partition coefficient (Wildman–Crippen LogP) is 5.67. The third-order valence-corrected chi connectivity index (χ3v) is 8.24. The molecule has 3 aliphatic heterocycles. The van der Waals surface area contributed by atoms with Gasteiger partial charge in [-0.2, -0.15) is 0 Å². The number of anilines is 1. The van der Waals surface area contributed by atoms with Crippen LogP contribution in [0.2, 0.25) is 0 Å². The van der Waals surface area contributed by atoms with Gasteiger partial charge in [0.2, 0.25) is 5.91 Å². The number of nitrogens with zero attached hydrogens (tertiary/aromatic N) is 1. The lowest BCUT2D eigenvalue weighted by Crippen LogP contribution is -2.49. The van der Waals surface area contributed by atoms with E-state index in [2.05, 4.69) is 5.32 Å². The van der Waals surface area contributed by atoms with Gasteiger partial charge >= 0.3 is 0 Å². The Morgan fingerprint density at radius 3 is 2.05 bits per heavy atom. The molecule has 38 heavy (non-hydrogen) atoms. The molecule has 184 valence electrons. The number of para-hydroxylation sites is 1. The maximum atomic E-state index is 14.6. The Hall–Kier alpha value is -4.77. The molecule has 0 aromatic heterocycles. The van der Waals surface area contributed by atoms with Gasteiger partial charge in [-0.1, -0.05) is 103 Å². The molecule has 5 heteroatoms. The van der Waals surface area contributed by atoms with Crippen molar-refractivity contribution in [2.24, 2.45) is 5.92 Å². The first-order valence-electron chi connectivity index (χ1n) is 12.8. The van der Waals surface area contributed by atoms with E-state index in [-0.39, 0.29) is 17.5 Å². The number of fused-ring (bicyclic) bond motifs is 6. The molecule has 1 N–H and O–H groups in total. The molecule has 0 bridgehead atoms. The minimum absolute atomic E-state index is 0.178. The van der Waals surface area contributed by atoms with Crippen LogP contribution < -0.4 is 5.32 Å². The molecule has 1 unspecified atom stereocenters. The molecular weight excluding hydrogens is 472 g/mol. The van der Waals surface area contributed by atoms with Crippen molar-refractivity contribution in [1.82, 2.24) is 4.90 Å². The van der Waals surface area contributed by atoms with E-state index in [1.54, 1.807) is 24.3 Å². The van der Waals surface area contributed by atoms with Crippen molar-refractivity contribution in [2.45, 2.75) is 17.5 Å². The second-order valence-electron chi connectivity index (χ2n) is 10.0. The van der Waals surface area contributed by atoms with Gasteiger partial charge in [-0.25, -0.2) is 0 Å². The summed E-state index contributed by atoms with van der Waals surface area (Å²) in [5, 5.41) is 3.08. The average molecular weight is 497 g/mol. The zero-order chi connectivity index (χ0) is 25.9. The molecule has 1 fully saturated rings. The van der Waals surface area contributed by atoms with Gasteiger partial charge in [0, 0.05) is 23.0 Å². The molecule has 4 atom stereocenters. The number of carbonyl (C=O) groups is 3. The summed E-state index contributed by atoms with van der Waals surface area (Å²) in [7, 11) is 0. The van der Waals surface area contributed by atoms with Gasteiger partial charge < -0.3 is 10.2 Å². The quantitative estimate of drug-likeness (QED) is 0.370. The summed E-state index contributed by atoms with van der Waals surface area (Å²) in [6, 6.07) is 32.1. The maximum Gasteiger partial charge on any atom is 0.238 e. The van der Waals surface area contributed by atoms with Crippen molar-refractivity contribution in [3.05, 3.63) is 143 Å². The number of nitrogens with one attached hydrogen (secondary N) is 1. The van der Waals surface area contributed by atoms with Crippen LogP contribution in [0.15, 0.2) is 115 Å². The Bertz CT molecular complexity index is 1630. The van der Waals surface area contributed by atoms with Crippen LogP contribution in [-0.4, -0.2) is 28.4 Å². The van der Waals surface area contributed by atoms with Crippen molar-refractivity contribution in [1.29, 1.82) is 0 Å². The number of carbonyl (C=O) groups excluding carboxylic acids is 3. The average Bonchev–Trinajstić information content (AvgIpc) is 3.45. The van der Waals surface area contributed by atoms with Gasteiger partial charge in [-0.3, -0.25) is 14.4 Å². The highest BCUT2D eigenvalue weighted by Gasteiger charge is 2.70. The Labute approximate surface area is 220 Å². The van der Waals surface area contributed by atoms with Crippen LogP contribution in [0.25, 0.3) is 6.08 Å². The predicted molar refractivity (Wildman–Crippen MR) is 146 cm³/mol. The van der Waals surface area contributed by atoms with Crippen LogP contribution in [0.5, 0.6) is 0 Å². The number of rotatable bonds is 4. The Morgan fingerprint density at radius 2 is 1.32 bits per heavy atom. The lowest BCUT2D eigenvalue weighted by atomic mass is 9.62. The zero-order valence-electron chi connectivity index (χ0n) is 20.5. The van der Waals surface area contributed by atoms with E-state index in [1.807, 2.05) is 102 Å². The van der Waals surface area contributed by atoms with E-state index in [0.717, 1.165) is 16.7 Å². The van der Waals surface area contributed by atoms with E-state index in [0.29, 0.717) is 16.8 Å². The summed E-state index contributed by atoms with van der Waals surface area (Å²) < 4.78 is 0. The van der Waals surface area contributed by atoms with E-state index >= 15 is 0 Å². The number of hydrogen-bond donors (Lipinski definition) is 1. The molecule has 3 heterocycles. The fourth-order valence-corrected chi connectivity index (χ4v) is 6.72. The molecule has 4 aromatic rings. The Kier molecular flexibility index (Phi) is 4.95. The van der Waals surface area contributed by atoms with E-state index < -0.39 is 23.4 Å². The minimum Gasteiger partial charge on any atom is -0.358 e. The van der Waals surface area contributed by atoms with Crippen LogP contribution in [-0.2, 0) is 10.2 Å². The number of hydrogen-bond acceptors (Lipinski definition) is 4. The van der Waals surface area contributed by atoms with Gasteiger partial charge in [-0.15, -0.1) is 0 Å². The van der Waals surface area contributed by atoms with Crippen molar-refractivity contribution in [3.63, 3.8) is 0 Å². The van der Waals surface area contributed by atoms with E-state index in [9.17, 15) is 14.4 Å². The van der Waals surface area contributed by atoms with Crippen molar-refractivity contribution >= 4 is 29.2 Å². The lowest BCUT2D eigenvalue weighted by molar-refractivity contribution is -0.122. The van der Waals surface area contributed by atoms with Gasteiger partial charge in [0.05, 0.1) is 12.0 Å². The van der Waals surface area contributed by atoms with Gasteiger partial charge in [0.25, 0.3) is 0 Å². The first-order chi connectivity index (χ1) is 18.6. The summed E-state index contributed by atoms with van der Waals surface area (Å²) in [4.78, 5) is 45.2. The van der Waals surface area contributed by atoms with Crippen LogP contribution >= 0.6 is 0 Å². The third kappa shape index (κ3) is 2.96. The lowest BCUT2D eigenvalue weighted by Gasteiger charge is -2.38. The SMILES string of the molecule is O=C(c1ccccc1)[C@@H]1[C@@H](C(=O)c2ccccc2)[C@]2(C(=O)Nc3ccccc32)C2c3ccccc3C=CN21. The van der Waals surface area contributed by atoms with Crippen LogP contribution in [0.1, 0.15) is 43.4 Å². The highest BCUT2D eigenvalue weighted by molar-refractivity contribution is 6.16. The van der Waals surface area contributed by atoms with Crippen LogP contribution in [0, 0.1) is 5.92 Å². The number of ketones is 2. The molecule has 1 amide bonds. The molecule has 5 nitrogen and oxygen atoms in total. The monoisotopic (exact) mass is 496 g/mol. The number of benzene rings is 4. The van der Waals surface area contributed by atoms with E-state index in [1.165, 1.54) is 0 Å². The van der Waals surface area contributed by atoms with Crippen molar-refractivity contribution < 1.29 is 14.4 Å². The fraction of sp³-hybridized carbons (Fsp3) is 0.121. The molecular formula is C33H24N2O3. The zero-order valence-corrected chi connectivity index (χ0v) is 20.5. The second-order valence-corrected chi connectivity index (χ2v) is 10.0. The number of Topliss-reactive ketones (excluding diaryl/α,β-unsaturated/α-hetero) is 2. The van der Waals surface area contributed by atoms with Crippen molar-refractivity contribution in [3.8, 4) is 0 Å². The summed E-state index contributed by atoms with van der Waals surface area (Å²) in [5.41, 5.74) is 3.03. The highest BCUT2D eigenvalue weighted by Crippen LogP contribution is 2.62. The fourth-order valence-electron chi connectivity index (χ4n) is 6.72. The Balaban J connectivity index is 1.55. The largest absolute Gasteiger partial charge is 0.358 e. The smallest absolute Gasteiger partial charge is 0.238 e. The van der Waals surface area contributed by atoms with Gasteiger partial charge in [0.15, 0.2) is 11.6 Å². The minimum atomic E-state index is -1.31. The molecule has 3 aliphatic rings. The molecule has 0 radical (unpaired) electrons.